The summed E-state index contributed by atoms with van der Waals surface area (Å²) in [6, 6.07) is 18.0. The van der Waals surface area contributed by atoms with E-state index >= 15 is 0 Å². The van der Waals surface area contributed by atoms with Crippen molar-refractivity contribution in [3.63, 3.8) is 0 Å². The second-order valence-electron chi connectivity index (χ2n) is 8.29. The normalized spacial score (nSPS) is 11.4. The molecule has 6 heteroatoms. The number of amides is 1. The number of anilines is 1. The predicted octanol–water partition coefficient (Wildman–Crippen LogP) is 7.16. The molecular formula is C26H27N3OS2. The zero-order valence-electron chi connectivity index (χ0n) is 18.8. The van der Waals surface area contributed by atoms with E-state index in [1.165, 1.54) is 5.56 Å². The number of para-hydroxylation sites is 1. The number of benzene rings is 2. The summed E-state index contributed by atoms with van der Waals surface area (Å²) >= 11 is 3.32. The summed E-state index contributed by atoms with van der Waals surface area (Å²) < 4.78 is 1.10. The van der Waals surface area contributed by atoms with Gasteiger partial charge in [-0.15, -0.1) is 11.8 Å². The zero-order chi connectivity index (χ0) is 22.7. The van der Waals surface area contributed by atoms with Crippen LogP contribution in [0, 0.1) is 0 Å². The highest BCUT2D eigenvalue weighted by molar-refractivity contribution is 7.99. The van der Waals surface area contributed by atoms with E-state index < -0.39 is 0 Å². The molecule has 0 fully saturated rings. The number of fused-ring (bicyclic) bond motifs is 1. The number of pyridine rings is 1. The third-order valence-corrected chi connectivity index (χ3v) is 7.09. The Bertz CT molecular complexity index is 1220. The van der Waals surface area contributed by atoms with Gasteiger partial charge in [-0.2, -0.15) is 0 Å². The zero-order valence-corrected chi connectivity index (χ0v) is 20.4. The van der Waals surface area contributed by atoms with Crippen LogP contribution in [-0.4, -0.2) is 21.1 Å². The first-order valence-electron chi connectivity index (χ1n) is 10.8. The lowest BCUT2D eigenvalue weighted by Gasteiger charge is -2.20. The molecule has 2 heterocycles. The van der Waals surface area contributed by atoms with Crippen molar-refractivity contribution in [3.05, 3.63) is 83.7 Å². The van der Waals surface area contributed by atoms with Crippen LogP contribution in [-0.2, 0) is 6.54 Å². The van der Waals surface area contributed by atoms with Gasteiger partial charge in [-0.1, -0.05) is 63.3 Å². The van der Waals surface area contributed by atoms with Crippen LogP contribution in [0.25, 0.3) is 10.2 Å². The van der Waals surface area contributed by atoms with E-state index in [4.69, 9.17) is 4.98 Å². The highest BCUT2D eigenvalue weighted by Crippen LogP contribution is 2.35. The molecule has 0 aliphatic heterocycles. The molecule has 4 nitrogen and oxygen atoms in total. The molecule has 0 aliphatic carbocycles. The maximum absolute atomic E-state index is 13.7. The molecule has 0 unspecified atom stereocenters. The average Bonchev–Trinajstić information content (AvgIpc) is 3.21. The van der Waals surface area contributed by atoms with E-state index in [2.05, 4.69) is 56.9 Å². The van der Waals surface area contributed by atoms with Gasteiger partial charge in [0.1, 0.15) is 0 Å². The highest BCUT2D eigenvalue weighted by atomic mass is 32.2. The van der Waals surface area contributed by atoms with E-state index in [1.54, 1.807) is 40.4 Å². The summed E-state index contributed by atoms with van der Waals surface area (Å²) in [5.74, 6) is 0.311. The molecule has 0 saturated heterocycles. The summed E-state index contributed by atoms with van der Waals surface area (Å²) in [6.45, 7) is 9.07. The summed E-state index contributed by atoms with van der Waals surface area (Å²) in [4.78, 5) is 25.8. The summed E-state index contributed by atoms with van der Waals surface area (Å²) in [5.41, 5.74) is 3.82. The van der Waals surface area contributed by atoms with Crippen LogP contribution in [0.2, 0.25) is 0 Å². The number of thiazole rings is 1. The van der Waals surface area contributed by atoms with E-state index in [0.29, 0.717) is 28.4 Å². The van der Waals surface area contributed by atoms with Gasteiger partial charge in [0.2, 0.25) is 0 Å². The van der Waals surface area contributed by atoms with E-state index in [0.717, 1.165) is 20.7 Å². The second kappa shape index (κ2) is 9.84. The Labute approximate surface area is 197 Å². The molecule has 0 radical (unpaired) electrons. The van der Waals surface area contributed by atoms with Gasteiger partial charge in [-0.05, 0) is 47.4 Å². The topological polar surface area (TPSA) is 46.1 Å². The van der Waals surface area contributed by atoms with Gasteiger partial charge in [0.05, 0.1) is 16.8 Å². The first-order chi connectivity index (χ1) is 15.4. The van der Waals surface area contributed by atoms with Crippen LogP contribution < -0.4 is 4.90 Å². The summed E-state index contributed by atoms with van der Waals surface area (Å²) in [7, 11) is 0. The molecule has 0 N–H and O–H groups in total. The molecule has 0 bridgehead atoms. The Kier molecular flexibility index (Phi) is 6.92. The lowest BCUT2D eigenvalue weighted by atomic mass is 10.0. The fourth-order valence-corrected chi connectivity index (χ4v) is 5.46. The van der Waals surface area contributed by atoms with Crippen LogP contribution in [0.3, 0.4) is 0 Å². The fraction of sp³-hybridized carbons (Fsp3) is 0.269. The number of aromatic nitrogens is 2. The Hall–Kier alpha value is -2.70. The Morgan fingerprint density at radius 3 is 2.59 bits per heavy atom. The van der Waals surface area contributed by atoms with E-state index in [9.17, 15) is 4.79 Å². The minimum atomic E-state index is -0.0507. The lowest BCUT2D eigenvalue weighted by molar-refractivity contribution is 0.0985. The summed E-state index contributed by atoms with van der Waals surface area (Å²) in [6.07, 6.45) is 3.55. The highest BCUT2D eigenvalue weighted by Gasteiger charge is 2.23. The average molecular weight is 462 g/mol. The van der Waals surface area contributed by atoms with Crippen molar-refractivity contribution in [1.29, 1.82) is 0 Å². The SMILES string of the molecule is CC(C)Sc1cccc(C(=O)N(Cc2cccnc2)c2nc3c(C(C)C)cccc3s2)c1. The molecule has 0 saturated carbocycles. The molecule has 2 aromatic heterocycles. The maximum Gasteiger partial charge on any atom is 0.260 e. The summed E-state index contributed by atoms with van der Waals surface area (Å²) in [5, 5.41) is 1.16. The predicted molar refractivity (Wildman–Crippen MR) is 136 cm³/mol. The number of hydrogen-bond acceptors (Lipinski definition) is 5. The molecular weight excluding hydrogens is 434 g/mol. The lowest BCUT2D eigenvalue weighted by Crippen LogP contribution is -2.30. The minimum absolute atomic E-state index is 0.0507. The van der Waals surface area contributed by atoms with Crippen molar-refractivity contribution in [3.8, 4) is 0 Å². The largest absolute Gasteiger partial charge is 0.279 e. The molecule has 4 aromatic rings. The van der Waals surface area contributed by atoms with Gasteiger partial charge in [-0.3, -0.25) is 14.7 Å². The van der Waals surface area contributed by atoms with Gasteiger partial charge < -0.3 is 0 Å². The van der Waals surface area contributed by atoms with Gasteiger partial charge in [0.15, 0.2) is 5.13 Å². The fourth-order valence-electron chi connectivity index (χ4n) is 3.57. The van der Waals surface area contributed by atoms with Crippen molar-refractivity contribution < 1.29 is 4.79 Å². The van der Waals surface area contributed by atoms with E-state index in [-0.39, 0.29) is 5.91 Å². The molecule has 0 aliphatic rings. The smallest absolute Gasteiger partial charge is 0.260 e. The molecule has 2 aromatic carbocycles. The Morgan fingerprint density at radius 2 is 1.88 bits per heavy atom. The monoisotopic (exact) mass is 461 g/mol. The molecule has 4 rings (SSSR count). The number of carbonyl (C=O) groups is 1. The quantitative estimate of drug-likeness (QED) is 0.274. The van der Waals surface area contributed by atoms with Crippen LogP contribution in [0.1, 0.15) is 55.1 Å². The molecule has 0 atom stereocenters. The molecule has 1 amide bonds. The molecule has 164 valence electrons. The van der Waals surface area contributed by atoms with Crippen molar-refractivity contribution >= 4 is 44.4 Å². The Balaban J connectivity index is 1.77. The Morgan fingerprint density at radius 1 is 1.06 bits per heavy atom. The standard InChI is InChI=1S/C26H27N3OS2/c1-17(2)22-11-6-12-23-24(22)28-26(32-23)29(16-19-8-7-13-27-15-19)25(30)20-9-5-10-21(14-20)31-18(3)4/h5-15,17-18H,16H2,1-4H3. The second-order valence-corrected chi connectivity index (χ2v) is 11.0. The number of nitrogens with zero attached hydrogens (tertiary/aromatic N) is 3. The van der Waals surface area contributed by atoms with Crippen LogP contribution in [0.15, 0.2) is 71.9 Å². The van der Waals surface area contributed by atoms with Crippen LogP contribution in [0.4, 0.5) is 5.13 Å². The number of thioether (sulfide) groups is 1. The van der Waals surface area contributed by atoms with Crippen LogP contribution in [0.5, 0.6) is 0 Å². The third kappa shape index (κ3) is 5.03. The van der Waals surface area contributed by atoms with Gasteiger partial charge in [0, 0.05) is 28.1 Å². The minimum Gasteiger partial charge on any atom is -0.279 e. The number of carbonyl (C=O) groups excluding carboxylic acids is 1. The van der Waals surface area contributed by atoms with Crippen molar-refractivity contribution in [1.82, 2.24) is 9.97 Å². The number of rotatable bonds is 7. The molecule has 0 spiro atoms. The van der Waals surface area contributed by atoms with E-state index in [1.807, 2.05) is 30.3 Å². The third-order valence-electron chi connectivity index (χ3n) is 5.05. The van der Waals surface area contributed by atoms with Crippen molar-refractivity contribution in [2.24, 2.45) is 0 Å². The maximum atomic E-state index is 13.7. The van der Waals surface area contributed by atoms with Gasteiger partial charge in [0.25, 0.3) is 5.91 Å². The van der Waals surface area contributed by atoms with Crippen molar-refractivity contribution in [2.45, 2.75) is 50.3 Å². The van der Waals surface area contributed by atoms with Gasteiger partial charge in [-0.25, -0.2) is 4.98 Å². The number of hydrogen-bond donors (Lipinski definition) is 0. The van der Waals surface area contributed by atoms with Gasteiger partial charge >= 0.3 is 0 Å². The van der Waals surface area contributed by atoms with Crippen LogP contribution >= 0.6 is 23.1 Å². The molecule has 32 heavy (non-hydrogen) atoms. The van der Waals surface area contributed by atoms with Crippen molar-refractivity contribution in [2.75, 3.05) is 4.90 Å². The first-order valence-corrected chi connectivity index (χ1v) is 12.5. The first kappa shape index (κ1) is 22.5.